The number of rotatable bonds is 4. The van der Waals surface area contributed by atoms with Crippen molar-refractivity contribution in [2.24, 2.45) is 0 Å². The molecule has 0 N–H and O–H groups in total. The van der Waals surface area contributed by atoms with Crippen molar-refractivity contribution in [2.75, 3.05) is 0 Å². The van der Waals surface area contributed by atoms with Gasteiger partial charge in [-0.2, -0.15) is 0 Å². The van der Waals surface area contributed by atoms with Gasteiger partial charge in [-0.25, -0.2) is 0 Å². The lowest BCUT2D eigenvalue weighted by molar-refractivity contribution is 1.76. The predicted molar refractivity (Wildman–Crippen MR) is 90.7 cm³/mol. The highest BCUT2D eigenvalue weighted by Gasteiger charge is 2.22. The van der Waals surface area contributed by atoms with Gasteiger partial charge in [-0.1, -0.05) is 88.1 Å². The molecule has 2 aromatic rings. The van der Waals surface area contributed by atoms with Gasteiger partial charge in [-0.3, -0.25) is 0 Å². The minimum absolute atomic E-state index is 0.149. The minimum atomic E-state index is -1.03. The monoisotopic (exact) mass is 290 g/mol. The molecule has 0 heterocycles. The van der Waals surface area contributed by atoms with Crippen LogP contribution in [0.5, 0.6) is 0 Å². The van der Waals surface area contributed by atoms with E-state index in [0.717, 1.165) is 7.82 Å². The minimum Gasteiger partial charge on any atom is -0.0991 e. The zero-order valence-electron chi connectivity index (χ0n) is 11.2. The highest BCUT2D eigenvalue weighted by Crippen LogP contribution is 2.58. The van der Waals surface area contributed by atoms with E-state index in [1.165, 1.54) is 10.6 Å². The first-order valence-electron chi connectivity index (χ1n) is 6.24. The number of hydrogen-bond donors (Lipinski definition) is 0. The Morgan fingerprint density at radius 3 is 1.44 bits per heavy atom. The third kappa shape index (κ3) is 4.02. The van der Waals surface area contributed by atoms with Crippen LogP contribution >= 0.6 is 15.4 Å². The molecular weight excluding hydrogens is 270 g/mol. The maximum Gasteiger partial charge on any atom is 0.0742 e. The van der Waals surface area contributed by atoms with E-state index in [1.807, 2.05) is 0 Å². The summed E-state index contributed by atoms with van der Waals surface area (Å²) in [6.07, 6.45) is 0. The number of benzene rings is 2. The third-order valence-electron chi connectivity index (χ3n) is 2.48. The molecule has 0 aliphatic heterocycles. The standard InChI is InChI=1S/C15H20P2Si/c1-18(2,3)16-17(14-10-6-4-7-11-14)15-12-8-5-9-13-15/h4-13,16H,1-3H3. The van der Waals surface area contributed by atoms with Crippen molar-refractivity contribution in [2.45, 2.75) is 19.6 Å². The Kier molecular flexibility index (Phi) is 4.73. The largest absolute Gasteiger partial charge is 0.0991 e. The van der Waals surface area contributed by atoms with Crippen LogP contribution in [0.15, 0.2) is 60.7 Å². The van der Waals surface area contributed by atoms with E-state index in [1.54, 1.807) is 0 Å². The fraction of sp³-hybridized carbons (Fsp3) is 0.200. The maximum atomic E-state index is 2.48. The third-order valence-corrected chi connectivity index (χ3v) is 17.3. The summed E-state index contributed by atoms with van der Waals surface area (Å²) in [6.45, 7) is 7.44. The molecule has 0 aromatic heterocycles. The summed E-state index contributed by atoms with van der Waals surface area (Å²) in [7, 11) is -0.0874. The van der Waals surface area contributed by atoms with Crippen LogP contribution in [0.1, 0.15) is 0 Å². The van der Waals surface area contributed by atoms with Crippen LogP contribution < -0.4 is 10.6 Å². The van der Waals surface area contributed by atoms with E-state index >= 15 is 0 Å². The predicted octanol–water partition coefficient (Wildman–Crippen LogP) is 4.55. The molecule has 0 fully saturated rings. The lowest BCUT2D eigenvalue weighted by Gasteiger charge is -2.26. The summed E-state index contributed by atoms with van der Waals surface area (Å²) in [5, 5.41) is 3.05. The van der Waals surface area contributed by atoms with Gasteiger partial charge in [0.25, 0.3) is 0 Å². The van der Waals surface area contributed by atoms with Gasteiger partial charge >= 0.3 is 0 Å². The zero-order chi connectivity index (χ0) is 13.0. The van der Waals surface area contributed by atoms with Crippen LogP contribution in [-0.4, -0.2) is 7.74 Å². The average molecular weight is 290 g/mol. The van der Waals surface area contributed by atoms with Gasteiger partial charge in [0.05, 0.1) is 7.74 Å². The normalized spacial score (nSPS) is 12.4. The van der Waals surface area contributed by atoms with Crippen LogP contribution in [0.2, 0.25) is 19.6 Å². The van der Waals surface area contributed by atoms with Crippen molar-refractivity contribution in [3.63, 3.8) is 0 Å². The molecule has 18 heavy (non-hydrogen) atoms. The van der Waals surface area contributed by atoms with Gasteiger partial charge < -0.3 is 0 Å². The molecule has 0 saturated heterocycles. The van der Waals surface area contributed by atoms with Crippen LogP contribution in [0.25, 0.3) is 0 Å². The zero-order valence-corrected chi connectivity index (χ0v) is 14.1. The van der Waals surface area contributed by atoms with Gasteiger partial charge in [-0.15, -0.1) is 0 Å². The van der Waals surface area contributed by atoms with Crippen molar-refractivity contribution in [3.8, 4) is 0 Å². The first kappa shape index (κ1) is 13.9. The molecule has 0 amide bonds. The molecule has 1 unspecified atom stereocenters. The molecule has 0 saturated carbocycles. The quantitative estimate of drug-likeness (QED) is 0.572. The molecular formula is C15H20P2Si. The van der Waals surface area contributed by atoms with Gasteiger partial charge in [0, 0.05) is 0 Å². The van der Waals surface area contributed by atoms with E-state index in [2.05, 4.69) is 80.3 Å². The van der Waals surface area contributed by atoms with Crippen LogP contribution in [-0.2, 0) is 0 Å². The van der Waals surface area contributed by atoms with Gasteiger partial charge in [0.2, 0.25) is 0 Å². The van der Waals surface area contributed by atoms with E-state index < -0.39 is 7.74 Å². The SMILES string of the molecule is C[Si](C)(C)PP(c1ccccc1)c1ccccc1. The molecule has 2 rings (SSSR count). The fourth-order valence-corrected chi connectivity index (χ4v) is 16.0. The number of hydrogen-bond acceptors (Lipinski definition) is 0. The summed E-state index contributed by atoms with van der Waals surface area (Å²) in [5.41, 5.74) is 0. The maximum absolute atomic E-state index is 2.48. The molecule has 94 valence electrons. The summed E-state index contributed by atoms with van der Waals surface area (Å²) in [4.78, 5) is 0. The Morgan fingerprint density at radius 1 is 0.722 bits per heavy atom. The van der Waals surface area contributed by atoms with Crippen molar-refractivity contribution in [1.29, 1.82) is 0 Å². The van der Waals surface area contributed by atoms with Gasteiger partial charge in [0.1, 0.15) is 0 Å². The molecule has 3 heteroatoms. The molecule has 0 radical (unpaired) electrons. The molecule has 2 aromatic carbocycles. The first-order chi connectivity index (χ1) is 8.56. The van der Waals surface area contributed by atoms with E-state index in [4.69, 9.17) is 0 Å². The fourth-order valence-electron chi connectivity index (χ4n) is 1.77. The Labute approximate surface area is 114 Å². The molecule has 0 aliphatic carbocycles. The summed E-state index contributed by atoms with van der Waals surface area (Å²) >= 11 is 0. The first-order valence-corrected chi connectivity index (χ1v) is 13.9. The lowest BCUT2D eigenvalue weighted by Crippen LogP contribution is -2.16. The molecule has 0 nitrogen and oxygen atoms in total. The van der Waals surface area contributed by atoms with Gasteiger partial charge in [0.15, 0.2) is 0 Å². The summed E-state index contributed by atoms with van der Waals surface area (Å²) in [5.74, 6) is 0. The second-order valence-corrected chi connectivity index (χ2v) is 20.3. The average Bonchev–Trinajstić information content (AvgIpc) is 2.37. The van der Waals surface area contributed by atoms with Crippen molar-refractivity contribution in [3.05, 3.63) is 60.7 Å². The molecule has 0 bridgehead atoms. The molecule has 0 spiro atoms. The highest BCUT2D eigenvalue weighted by atomic mass is 32.2. The second kappa shape index (κ2) is 6.11. The van der Waals surface area contributed by atoms with Crippen molar-refractivity contribution in [1.82, 2.24) is 0 Å². The smallest absolute Gasteiger partial charge is 0.0742 e. The molecule has 1 atom stereocenters. The Bertz CT molecular complexity index is 437. The topological polar surface area (TPSA) is 0 Å². The van der Waals surface area contributed by atoms with Crippen LogP contribution in [0, 0.1) is 0 Å². The van der Waals surface area contributed by atoms with Crippen molar-refractivity contribution < 1.29 is 0 Å². The van der Waals surface area contributed by atoms with E-state index in [-0.39, 0.29) is 7.61 Å². The Morgan fingerprint density at radius 2 is 1.11 bits per heavy atom. The highest BCUT2D eigenvalue weighted by molar-refractivity contribution is 8.40. The van der Waals surface area contributed by atoms with Gasteiger partial charge in [-0.05, 0) is 18.2 Å². The molecule has 0 aliphatic rings. The summed E-state index contributed by atoms with van der Waals surface area (Å²) in [6, 6.07) is 22.1. The lowest BCUT2D eigenvalue weighted by atomic mass is 10.4. The Balaban J connectivity index is 2.36. The van der Waals surface area contributed by atoms with Crippen molar-refractivity contribution >= 4 is 33.8 Å². The van der Waals surface area contributed by atoms with Crippen LogP contribution in [0.3, 0.4) is 0 Å². The van der Waals surface area contributed by atoms with Crippen LogP contribution in [0.4, 0.5) is 0 Å². The Hall–Kier alpha value is -0.483. The second-order valence-electron chi connectivity index (χ2n) is 5.37. The van der Waals surface area contributed by atoms with E-state index in [9.17, 15) is 0 Å². The van der Waals surface area contributed by atoms with E-state index in [0.29, 0.717) is 0 Å². The summed E-state index contributed by atoms with van der Waals surface area (Å²) < 4.78 is 0.